The van der Waals surface area contributed by atoms with E-state index in [1.807, 2.05) is 6.08 Å². The minimum absolute atomic E-state index is 0.155. The number of allylic oxidation sites excluding steroid dienone is 1. The van der Waals surface area contributed by atoms with Gasteiger partial charge in [-0.25, -0.2) is 8.98 Å². The summed E-state index contributed by atoms with van der Waals surface area (Å²) < 4.78 is 96.7. The van der Waals surface area contributed by atoms with Crippen LogP contribution in [0.15, 0.2) is 12.2 Å². The van der Waals surface area contributed by atoms with E-state index in [9.17, 15) is 114 Å². The lowest BCUT2D eigenvalue weighted by Crippen LogP contribution is -2.71. The fourth-order valence-electron chi connectivity index (χ4n) is 14.5. The number of carboxylic acid groups (broad SMARTS) is 1. The number of rotatable bonds is 54. The summed E-state index contributed by atoms with van der Waals surface area (Å²) >= 11 is 0. The summed E-state index contributed by atoms with van der Waals surface area (Å²) in [5.74, 6) is -7.64. The lowest BCUT2D eigenvalue weighted by Gasteiger charge is -2.51. The van der Waals surface area contributed by atoms with E-state index in [2.05, 4.69) is 34.0 Å². The Morgan fingerprint density at radius 1 is 0.523 bits per heavy atom. The van der Waals surface area contributed by atoms with Crippen LogP contribution in [0.25, 0.3) is 0 Å². The van der Waals surface area contributed by atoms with Gasteiger partial charge in [0.2, 0.25) is 17.7 Å². The third kappa shape index (κ3) is 31.4. The number of unbranched alkanes of at least 4 members (excludes halogenated alkanes) is 25. The van der Waals surface area contributed by atoms with Gasteiger partial charge in [0, 0.05) is 26.7 Å². The van der Waals surface area contributed by atoms with Crippen LogP contribution in [0.5, 0.6) is 0 Å². The fraction of sp³-hybridized carbons (Fsp3) is 0.918. The third-order valence-electron chi connectivity index (χ3n) is 20.8. The lowest BCUT2D eigenvalue weighted by atomic mass is 9.88. The van der Waals surface area contributed by atoms with E-state index >= 15 is 0 Å². The number of amides is 3. The zero-order valence-electron chi connectivity index (χ0n) is 64.4. The van der Waals surface area contributed by atoms with Gasteiger partial charge in [-0.2, -0.15) is 8.42 Å². The predicted molar refractivity (Wildman–Crippen MR) is 389 cm³/mol. The SMILES string of the molecule is CCCCCCCCCCCCC/C=C\[C@H](O)[C@@H](CO[C@H]1O[C@H](CO)[C@H](O[C@H]2O[C@H](CO)[C@@H](O[C@@H]3O[C@@H](COS(=O)(=O)O)[C@H](O)[C@H](O[C@H]4O[C@@H](CO)[C@@H](O)[C@H](O[C@]5(C(=O)O)C[C@H](O)[C@@H](NC(C)=O)[C@@H]([C@@H](O)[C@@H](O)CO)O5)[C@H]4O)[C@@H]3NC(C)=O)[C@@H](O)[C@@H]2O)[C@@H](O)[C@@H]1O)NC(=O)CCCCCCCCCCCCCCCCC. The van der Waals surface area contributed by atoms with E-state index in [0.717, 1.165) is 65.2 Å². The molecule has 0 spiro atoms. The van der Waals surface area contributed by atoms with Crippen molar-refractivity contribution in [1.82, 2.24) is 16.0 Å². The summed E-state index contributed by atoms with van der Waals surface area (Å²) in [6.45, 7) is -0.0370. The van der Waals surface area contributed by atoms with Crippen molar-refractivity contribution in [1.29, 1.82) is 0 Å². The van der Waals surface area contributed by atoms with Crippen LogP contribution in [-0.4, -0.2) is 329 Å². The molecule has 0 unspecified atom stereocenters. The molecule has 5 aliphatic heterocycles. The van der Waals surface area contributed by atoms with Crippen LogP contribution in [0.3, 0.4) is 0 Å². The molecular weight excluding hydrogens is 1490 g/mol. The number of carbonyl (C=O) groups excluding carboxylic acids is 3. The van der Waals surface area contributed by atoms with Crippen molar-refractivity contribution in [2.24, 2.45) is 0 Å². The molecule has 0 aromatic heterocycles. The molecule has 20 N–H and O–H groups in total. The second kappa shape index (κ2) is 51.0. The number of carboxylic acids is 1. The van der Waals surface area contributed by atoms with Gasteiger partial charge in [-0.1, -0.05) is 180 Å². The normalized spacial score (nSPS) is 33.9. The number of nitrogens with one attached hydrogen (secondary N) is 3. The molecule has 111 heavy (non-hydrogen) atoms. The number of aliphatic carboxylic acids is 1. The highest BCUT2D eigenvalue weighted by Crippen LogP contribution is 2.40. The molecule has 5 aliphatic rings. The summed E-state index contributed by atoms with van der Waals surface area (Å²) in [6, 6.07) is -4.84. The second-order valence-corrected chi connectivity index (χ2v) is 30.9. The summed E-state index contributed by atoms with van der Waals surface area (Å²) in [5, 5.41) is 186. The molecule has 5 rings (SSSR count). The van der Waals surface area contributed by atoms with Crippen molar-refractivity contribution in [2.45, 2.75) is 385 Å². The molecule has 5 heterocycles. The molecule has 3 amide bonds. The van der Waals surface area contributed by atoms with Gasteiger partial charge in [-0.15, -0.1) is 0 Å². The zero-order valence-corrected chi connectivity index (χ0v) is 65.3. The second-order valence-electron chi connectivity index (χ2n) is 29.8. The Balaban J connectivity index is 1.29. The molecule has 0 radical (unpaired) electrons. The smallest absolute Gasteiger partial charge is 0.397 e. The Morgan fingerprint density at radius 3 is 1.44 bits per heavy atom. The van der Waals surface area contributed by atoms with Gasteiger partial charge in [0.15, 0.2) is 25.2 Å². The predicted octanol–water partition coefficient (Wildman–Crippen LogP) is -1.22. The average Bonchev–Trinajstić information content (AvgIpc) is 0.757. The summed E-state index contributed by atoms with van der Waals surface area (Å²) in [5.41, 5.74) is 0. The first-order valence-corrected chi connectivity index (χ1v) is 41.1. The van der Waals surface area contributed by atoms with Crippen LogP contribution >= 0.6 is 0 Å². The monoisotopic (exact) mass is 1630 g/mol. The van der Waals surface area contributed by atoms with E-state index in [1.54, 1.807) is 6.08 Å². The quantitative estimate of drug-likeness (QED) is 0.0193. The van der Waals surface area contributed by atoms with Crippen molar-refractivity contribution in [3.05, 3.63) is 12.2 Å². The summed E-state index contributed by atoms with van der Waals surface area (Å²) in [6.07, 6.45) is -17.7. The first kappa shape index (κ1) is 98.1. The van der Waals surface area contributed by atoms with Crippen LogP contribution in [-0.2, 0) is 81.1 Å². The summed E-state index contributed by atoms with van der Waals surface area (Å²) in [4.78, 5) is 52.0. The van der Waals surface area contributed by atoms with Crippen molar-refractivity contribution >= 4 is 34.1 Å². The standard InChI is InChI=1S/C73H131N3O34S/c1-5-7-9-11-13-15-17-19-20-22-24-26-28-30-32-34-52(86)76-44(45(83)33-31-29-27-25-23-21-18-16-14-12-10-8-6-2)40-100-69-60(92)58(90)64(49(38-79)103-69)107-70-61(93)59(91)63(50(39-80)104-70)106-68-54(75-43(4)82)65(57(89)51(105-68)41-101-111(97,98)99)108-71-62(94)67(56(88)48(37-78)102-71)110-73(72(95)96)35-46(84)53(74-42(3)81)66(109-73)55(87)47(85)36-77/h31,33,44-51,53-71,77-80,83-85,87-94H,5-30,32,34-41H2,1-4H3,(H,74,81)(H,75,82)(H,76,86)(H,95,96)(H,97,98,99)/b33-31-/t44-,45+,46+,47+,48+,49-,50-,51+,53-,54+,55+,56-,57+,58+,59+,60+,61+,62-,63-,64+,65-,66+,67+,68+,69+,70-,71-,73+/m1/s1. The van der Waals surface area contributed by atoms with Crippen LogP contribution in [0.1, 0.15) is 214 Å². The number of hydrogen-bond donors (Lipinski definition) is 20. The highest BCUT2D eigenvalue weighted by Gasteiger charge is 2.61. The molecule has 37 nitrogen and oxygen atoms in total. The van der Waals surface area contributed by atoms with Crippen molar-refractivity contribution < 1.29 is 165 Å². The molecule has 38 heteroatoms. The van der Waals surface area contributed by atoms with Gasteiger partial charge in [-0.3, -0.25) is 18.9 Å². The Bertz CT molecular complexity index is 2770. The zero-order chi connectivity index (χ0) is 82.0. The molecular formula is C73H131N3O34S. The van der Waals surface area contributed by atoms with Crippen molar-refractivity contribution in [3.63, 3.8) is 0 Å². The Labute approximate surface area is 649 Å². The average molecular weight is 1630 g/mol. The summed E-state index contributed by atoms with van der Waals surface area (Å²) in [7, 11) is -5.41. The lowest BCUT2D eigenvalue weighted by molar-refractivity contribution is -0.388. The molecule has 5 saturated heterocycles. The number of carbonyl (C=O) groups is 4. The maximum Gasteiger partial charge on any atom is 0.397 e. The van der Waals surface area contributed by atoms with E-state index in [-0.39, 0.29) is 12.3 Å². The van der Waals surface area contributed by atoms with Gasteiger partial charge >= 0.3 is 16.4 Å². The molecule has 0 aromatic rings. The number of aliphatic hydroxyl groups excluding tert-OH is 15. The number of ether oxygens (including phenoxy) is 10. The third-order valence-corrected chi connectivity index (χ3v) is 21.2. The number of hydrogen-bond acceptors (Lipinski definition) is 32. The fourth-order valence-corrected chi connectivity index (χ4v) is 14.8. The largest absolute Gasteiger partial charge is 0.477 e. The Hall–Kier alpha value is -3.51. The molecule has 28 atom stereocenters. The molecule has 0 aromatic carbocycles. The minimum Gasteiger partial charge on any atom is -0.477 e. The van der Waals surface area contributed by atoms with E-state index in [1.165, 1.54) is 109 Å². The molecule has 0 saturated carbocycles. The Morgan fingerprint density at radius 2 is 0.955 bits per heavy atom. The highest BCUT2D eigenvalue weighted by atomic mass is 32.3. The maximum atomic E-state index is 13.5. The molecule has 0 bridgehead atoms. The number of aliphatic hydroxyl groups is 15. The van der Waals surface area contributed by atoms with Crippen LogP contribution in [0.2, 0.25) is 0 Å². The molecule has 0 aliphatic carbocycles. The highest BCUT2D eigenvalue weighted by molar-refractivity contribution is 7.80. The first-order chi connectivity index (χ1) is 52.9. The van der Waals surface area contributed by atoms with E-state index in [4.69, 9.17) is 47.4 Å². The van der Waals surface area contributed by atoms with Crippen molar-refractivity contribution in [3.8, 4) is 0 Å². The van der Waals surface area contributed by atoms with Gasteiger partial charge in [-0.05, 0) is 19.3 Å². The topological polar surface area (TPSA) is 584 Å². The van der Waals surface area contributed by atoms with Gasteiger partial charge in [0.05, 0.1) is 63.9 Å². The van der Waals surface area contributed by atoms with Crippen molar-refractivity contribution in [2.75, 3.05) is 39.6 Å². The maximum absolute atomic E-state index is 13.5. The Kier molecular flexibility index (Phi) is 45.0. The van der Waals surface area contributed by atoms with E-state index < -0.39 is 245 Å². The van der Waals surface area contributed by atoms with E-state index in [0.29, 0.717) is 12.8 Å². The minimum atomic E-state index is -5.41. The molecule has 648 valence electrons. The van der Waals surface area contributed by atoms with Crippen LogP contribution in [0, 0.1) is 0 Å². The van der Waals surface area contributed by atoms with Gasteiger partial charge in [0.1, 0.15) is 116 Å². The van der Waals surface area contributed by atoms with Gasteiger partial charge in [0.25, 0.3) is 5.79 Å². The van der Waals surface area contributed by atoms with Crippen LogP contribution < -0.4 is 16.0 Å². The van der Waals surface area contributed by atoms with Crippen LogP contribution in [0.4, 0.5) is 0 Å². The molecule has 5 fully saturated rings. The van der Waals surface area contributed by atoms with Gasteiger partial charge < -0.3 is 145 Å². The first-order valence-electron chi connectivity index (χ1n) is 39.7.